The third-order valence-corrected chi connectivity index (χ3v) is 11.9. The molecule has 168 valence electrons. The summed E-state index contributed by atoms with van der Waals surface area (Å²) < 4.78 is 0.419. The van der Waals surface area contributed by atoms with Crippen LogP contribution in [0.2, 0.25) is 5.02 Å². The molecule has 2 N–H and O–H groups in total. The molecule has 5 nitrogen and oxygen atoms in total. The van der Waals surface area contributed by atoms with E-state index in [-0.39, 0.29) is 11.8 Å². The second-order valence-electron chi connectivity index (χ2n) is 9.28. The molecule has 1 aromatic carbocycles. The summed E-state index contributed by atoms with van der Waals surface area (Å²) in [5.41, 5.74) is 6.60. The van der Waals surface area contributed by atoms with Gasteiger partial charge < -0.3 is 10.6 Å². The molecule has 3 atom stereocenters. The fraction of sp³-hybridized carbons (Fsp3) is 0.652. The number of piperazine rings is 1. The van der Waals surface area contributed by atoms with E-state index in [9.17, 15) is 9.59 Å². The summed E-state index contributed by atoms with van der Waals surface area (Å²) in [7, 11) is 0. The smallest absolute Gasteiger partial charge is 0.239 e. The van der Waals surface area contributed by atoms with Crippen molar-refractivity contribution >= 4 is 46.9 Å². The fourth-order valence-corrected chi connectivity index (χ4v) is 10.3. The number of halogens is 1. The number of benzene rings is 1. The Morgan fingerprint density at radius 2 is 1.58 bits per heavy atom. The molecule has 0 aromatic heterocycles. The van der Waals surface area contributed by atoms with Gasteiger partial charge in [-0.1, -0.05) is 23.7 Å². The van der Waals surface area contributed by atoms with Gasteiger partial charge in [0.05, 0.1) is 4.08 Å². The van der Waals surface area contributed by atoms with Crippen molar-refractivity contribution in [3.05, 3.63) is 34.9 Å². The molecule has 4 aliphatic rings. The van der Waals surface area contributed by atoms with Crippen molar-refractivity contribution in [2.45, 2.75) is 35.8 Å². The molecule has 2 amide bonds. The molecule has 2 saturated carbocycles. The summed E-state index contributed by atoms with van der Waals surface area (Å²) in [4.78, 5) is 29.7. The predicted octanol–water partition coefficient (Wildman–Crippen LogP) is 3.62. The van der Waals surface area contributed by atoms with Crippen LogP contribution < -0.4 is 5.73 Å². The molecule has 1 spiro atoms. The summed E-state index contributed by atoms with van der Waals surface area (Å²) in [5.74, 6) is 4.09. The Balaban J connectivity index is 1.21. The van der Waals surface area contributed by atoms with Crippen molar-refractivity contribution in [1.29, 1.82) is 0 Å². The van der Waals surface area contributed by atoms with Crippen molar-refractivity contribution in [3.8, 4) is 0 Å². The maximum absolute atomic E-state index is 13.4. The van der Waals surface area contributed by atoms with Crippen LogP contribution >= 0.6 is 35.1 Å². The molecule has 2 heterocycles. The highest BCUT2D eigenvalue weighted by Crippen LogP contribution is 2.66. The van der Waals surface area contributed by atoms with Crippen molar-refractivity contribution in [3.63, 3.8) is 0 Å². The molecule has 3 unspecified atom stereocenters. The van der Waals surface area contributed by atoms with Crippen molar-refractivity contribution in [2.75, 3.05) is 37.7 Å². The van der Waals surface area contributed by atoms with Crippen LogP contribution in [0.1, 0.15) is 37.3 Å². The van der Waals surface area contributed by atoms with Crippen LogP contribution in [0, 0.1) is 17.8 Å². The number of nitrogens with zero attached hydrogens (tertiary/aromatic N) is 2. The van der Waals surface area contributed by atoms with Crippen molar-refractivity contribution in [2.24, 2.45) is 23.5 Å². The quantitative estimate of drug-likeness (QED) is 0.714. The van der Waals surface area contributed by atoms with Gasteiger partial charge in [0.1, 0.15) is 6.04 Å². The van der Waals surface area contributed by atoms with Crippen LogP contribution in [0.4, 0.5) is 0 Å². The Morgan fingerprint density at radius 1 is 1.00 bits per heavy atom. The van der Waals surface area contributed by atoms with Gasteiger partial charge in [-0.25, -0.2) is 0 Å². The van der Waals surface area contributed by atoms with Crippen LogP contribution in [0.5, 0.6) is 0 Å². The SMILES string of the molecule is NC(=O)C(c1ccc(Cl)cc1)N1CCN(C(=O)C2CC3CCC(C2)C32SCCS2)CC1. The zero-order valence-corrected chi connectivity index (χ0v) is 20.1. The van der Waals surface area contributed by atoms with Gasteiger partial charge in [-0.2, -0.15) is 0 Å². The molecule has 4 fully saturated rings. The number of carbonyl (C=O) groups is 2. The van der Waals surface area contributed by atoms with Crippen LogP contribution in [-0.4, -0.2) is 63.4 Å². The zero-order chi connectivity index (χ0) is 21.6. The van der Waals surface area contributed by atoms with E-state index in [0.29, 0.717) is 53.0 Å². The van der Waals surface area contributed by atoms with E-state index in [1.807, 2.05) is 17.0 Å². The first kappa shape index (κ1) is 21.9. The Morgan fingerprint density at radius 3 is 2.13 bits per heavy atom. The highest BCUT2D eigenvalue weighted by molar-refractivity contribution is 8.21. The molecule has 2 aliphatic carbocycles. The van der Waals surface area contributed by atoms with Gasteiger partial charge in [0.2, 0.25) is 11.8 Å². The van der Waals surface area contributed by atoms with Crippen molar-refractivity contribution < 1.29 is 9.59 Å². The zero-order valence-electron chi connectivity index (χ0n) is 17.7. The van der Waals surface area contributed by atoms with E-state index in [0.717, 1.165) is 18.4 Å². The first-order valence-electron chi connectivity index (χ1n) is 11.3. The number of carbonyl (C=O) groups excluding carboxylic acids is 2. The molecule has 0 radical (unpaired) electrons. The highest BCUT2D eigenvalue weighted by atomic mass is 35.5. The summed E-state index contributed by atoms with van der Waals surface area (Å²) >= 11 is 10.4. The lowest BCUT2D eigenvalue weighted by Gasteiger charge is -2.44. The molecular weight excluding hydrogens is 450 g/mol. The third kappa shape index (κ3) is 4.00. The summed E-state index contributed by atoms with van der Waals surface area (Å²) in [5, 5.41) is 0.639. The minimum Gasteiger partial charge on any atom is -0.368 e. The van der Waals surface area contributed by atoms with Crippen LogP contribution in [0.25, 0.3) is 0 Å². The largest absolute Gasteiger partial charge is 0.368 e. The van der Waals surface area contributed by atoms with Gasteiger partial charge in [-0.15, -0.1) is 23.5 Å². The average Bonchev–Trinajstić information content (AvgIpc) is 3.30. The molecule has 8 heteroatoms. The van der Waals surface area contributed by atoms with E-state index >= 15 is 0 Å². The predicted molar refractivity (Wildman–Crippen MR) is 128 cm³/mol. The summed E-state index contributed by atoms with van der Waals surface area (Å²) in [6.45, 7) is 2.65. The molecule has 5 rings (SSSR count). The number of primary amides is 1. The first-order chi connectivity index (χ1) is 15.0. The number of hydrogen-bond donors (Lipinski definition) is 1. The Labute approximate surface area is 197 Å². The van der Waals surface area contributed by atoms with Crippen LogP contribution in [0.3, 0.4) is 0 Å². The molecule has 1 aromatic rings. The fourth-order valence-electron chi connectivity index (χ4n) is 6.26. The molecule has 31 heavy (non-hydrogen) atoms. The van der Waals surface area contributed by atoms with Gasteiger partial charge in [-0.05, 0) is 55.2 Å². The lowest BCUT2D eigenvalue weighted by Crippen LogP contribution is -2.54. The van der Waals surface area contributed by atoms with Gasteiger partial charge >= 0.3 is 0 Å². The Kier molecular flexibility index (Phi) is 6.23. The van der Waals surface area contributed by atoms with Gasteiger partial charge in [0, 0.05) is 48.6 Å². The van der Waals surface area contributed by atoms with Crippen LogP contribution in [-0.2, 0) is 9.59 Å². The number of amides is 2. The lowest BCUT2D eigenvalue weighted by molar-refractivity contribution is -0.140. The van der Waals surface area contributed by atoms with Crippen LogP contribution in [0.15, 0.2) is 24.3 Å². The van der Waals surface area contributed by atoms with E-state index in [4.69, 9.17) is 17.3 Å². The van der Waals surface area contributed by atoms with Gasteiger partial charge in [0.15, 0.2) is 0 Å². The Hall–Kier alpha value is -0.890. The Bertz CT molecular complexity index is 822. The third-order valence-electron chi connectivity index (χ3n) is 7.67. The maximum atomic E-state index is 13.4. The summed E-state index contributed by atoms with van der Waals surface area (Å²) in [6.07, 6.45) is 4.71. The highest BCUT2D eigenvalue weighted by Gasteiger charge is 2.57. The van der Waals surface area contributed by atoms with E-state index in [2.05, 4.69) is 28.4 Å². The molecular formula is C23H30ClN3O2S2. The van der Waals surface area contributed by atoms with E-state index in [1.54, 1.807) is 12.1 Å². The van der Waals surface area contributed by atoms with Crippen molar-refractivity contribution in [1.82, 2.24) is 9.80 Å². The molecule has 2 saturated heterocycles. The normalized spacial score (nSPS) is 31.1. The first-order valence-corrected chi connectivity index (χ1v) is 13.7. The monoisotopic (exact) mass is 479 g/mol. The van der Waals surface area contributed by atoms with Gasteiger partial charge in [0.25, 0.3) is 0 Å². The topological polar surface area (TPSA) is 66.6 Å². The van der Waals surface area contributed by atoms with E-state index < -0.39 is 6.04 Å². The minimum atomic E-state index is -0.476. The standard InChI is InChI=1S/C23H30ClN3O2S2/c24-19-5-1-15(2-6-19)20(21(25)28)26-7-9-27(10-8-26)22(29)16-13-17-3-4-18(14-16)23(17)30-11-12-31-23/h1-2,5-6,16-18,20H,3-4,7-14H2,(H2,25,28). The minimum absolute atomic E-state index is 0.180. The second kappa shape index (κ2) is 8.81. The number of thioether (sulfide) groups is 2. The van der Waals surface area contributed by atoms with Gasteiger partial charge in [-0.3, -0.25) is 14.5 Å². The maximum Gasteiger partial charge on any atom is 0.239 e. The number of hydrogen-bond acceptors (Lipinski definition) is 5. The molecule has 2 aliphatic heterocycles. The van der Waals surface area contributed by atoms with E-state index in [1.165, 1.54) is 24.3 Å². The average molecular weight is 480 g/mol. The number of rotatable bonds is 4. The second-order valence-corrected chi connectivity index (χ2v) is 12.7. The lowest BCUT2D eigenvalue weighted by atomic mass is 9.79. The molecule has 2 bridgehead atoms. The summed E-state index contributed by atoms with van der Waals surface area (Å²) in [6, 6.07) is 6.83. The number of nitrogens with two attached hydrogens (primary N) is 1.